The van der Waals surface area contributed by atoms with Crippen molar-refractivity contribution in [3.05, 3.63) is 11.8 Å². The van der Waals surface area contributed by atoms with E-state index in [9.17, 15) is 4.79 Å². The summed E-state index contributed by atoms with van der Waals surface area (Å²) in [5.41, 5.74) is 0.999. The van der Waals surface area contributed by atoms with Crippen LogP contribution in [0.25, 0.3) is 0 Å². The summed E-state index contributed by atoms with van der Waals surface area (Å²) < 4.78 is 0. The number of carbonyl (C=O) groups is 1. The second kappa shape index (κ2) is 5.56. The number of hydrogen-bond acceptors (Lipinski definition) is 2. The molecule has 0 atom stereocenters. The van der Waals surface area contributed by atoms with Gasteiger partial charge in [0, 0.05) is 0 Å². The Morgan fingerprint density at radius 1 is 1.56 bits per heavy atom. The van der Waals surface area contributed by atoms with E-state index < -0.39 is 0 Å². The first-order chi connectivity index (χ1) is 7.43. The molecule has 1 aromatic rings. The maximum absolute atomic E-state index is 11.3. The average Bonchev–Trinajstić information content (AvgIpc) is 2.62. The number of nitrogens with zero attached hydrogens (tertiary/aromatic N) is 1. The van der Waals surface area contributed by atoms with E-state index in [4.69, 9.17) is 0 Å². The van der Waals surface area contributed by atoms with Crippen LogP contribution < -0.4 is 31.5 Å². The average molecular weight is 334 g/mol. The molecule has 0 saturated carbocycles. The first kappa shape index (κ1) is 13.3. The number of nitrogens with one attached hydrogen (secondary N) is 3. The number of halogens is 1. The van der Waals surface area contributed by atoms with Crippen LogP contribution in [0.3, 0.4) is 0 Å². The van der Waals surface area contributed by atoms with Gasteiger partial charge < -0.3 is 0 Å². The Morgan fingerprint density at radius 2 is 2.25 bits per heavy atom. The quantitative estimate of drug-likeness (QED) is 0.343. The molecule has 1 rings (SSSR count). The van der Waals surface area contributed by atoms with Gasteiger partial charge in [0.05, 0.1) is 0 Å². The molecule has 1 aromatic heterocycles. The molecule has 0 saturated heterocycles. The van der Waals surface area contributed by atoms with Crippen molar-refractivity contribution in [1.82, 2.24) is 15.4 Å². The normalized spacial score (nSPS) is 11.2. The van der Waals surface area contributed by atoms with E-state index in [1.165, 1.54) is 0 Å². The number of aromatic nitrogens is 2. The molecule has 7 heteroatoms. The van der Waals surface area contributed by atoms with Crippen molar-refractivity contribution in [2.75, 3.05) is 10.2 Å². The van der Waals surface area contributed by atoms with Crippen molar-refractivity contribution >= 4 is 17.1 Å². The van der Waals surface area contributed by atoms with Crippen LogP contribution in [0.15, 0.2) is 6.07 Å². The number of amides is 2. The zero-order valence-corrected chi connectivity index (χ0v) is 12.0. The van der Waals surface area contributed by atoms with Crippen LogP contribution in [-0.4, -0.2) is 26.4 Å². The van der Waals surface area contributed by atoms with Crippen LogP contribution in [0.2, 0.25) is 0 Å². The molecule has 0 unspecified atom stereocenters. The topological polar surface area (TPSA) is 69.8 Å². The van der Waals surface area contributed by atoms with E-state index in [0.717, 1.165) is 5.69 Å². The van der Waals surface area contributed by atoms with Gasteiger partial charge in [-0.15, -0.1) is 0 Å². The Morgan fingerprint density at radius 3 is 2.75 bits per heavy atom. The maximum atomic E-state index is 11.3. The number of H-pyrrole nitrogens is 1. The van der Waals surface area contributed by atoms with E-state index >= 15 is 0 Å². The van der Waals surface area contributed by atoms with Crippen LogP contribution >= 0.6 is 0 Å². The molecule has 1 radical (unpaired) electrons. The van der Waals surface area contributed by atoms with Gasteiger partial charge in [0.15, 0.2) is 0 Å². The fourth-order valence-corrected chi connectivity index (χ4v) is 1.62. The number of aromatic amines is 1. The van der Waals surface area contributed by atoms with Crippen LogP contribution in [0.4, 0.5) is 10.6 Å². The van der Waals surface area contributed by atoms with Gasteiger partial charge in [-0.2, -0.15) is 0 Å². The first-order valence-electron chi connectivity index (χ1n) is 4.86. The predicted octanol–water partition coefficient (Wildman–Crippen LogP) is -1.92. The Kier molecular flexibility index (Phi) is 4.63. The van der Waals surface area contributed by atoms with Crippen LogP contribution in [-0.2, 0) is 5.41 Å². The SMILES string of the molecule is C[I-][B]NC(=O)Nc1cc(C(C)(C)C)[nH]n1. The Labute approximate surface area is 106 Å². The van der Waals surface area contributed by atoms with Gasteiger partial charge in [-0.25, -0.2) is 0 Å². The van der Waals surface area contributed by atoms with Crippen molar-refractivity contribution in [1.29, 1.82) is 0 Å². The summed E-state index contributed by atoms with van der Waals surface area (Å²) >= 11 is -0.0413. The van der Waals surface area contributed by atoms with Crippen molar-refractivity contribution in [2.24, 2.45) is 0 Å². The van der Waals surface area contributed by atoms with Gasteiger partial charge in [-0.3, -0.25) is 0 Å². The van der Waals surface area contributed by atoms with E-state index in [-0.39, 0.29) is 32.4 Å². The summed E-state index contributed by atoms with van der Waals surface area (Å²) in [5.74, 6) is 0.546. The van der Waals surface area contributed by atoms with Crippen molar-refractivity contribution in [3.8, 4) is 0 Å². The molecular formula is C9H16BIN4O-. The number of alkyl halides is 1. The number of hydrogen-bond donors (Lipinski definition) is 3. The van der Waals surface area contributed by atoms with Crippen LogP contribution in [0.5, 0.6) is 0 Å². The van der Waals surface area contributed by atoms with Gasteiger partial charge in [-0.05, 0) is 0 Å². The van der Waals surface area contributed by atoms with Crippen LogP contribution in [0, 0.1) is 0 Å². The third kappa shape index (κ3) is 4.03. The first-order valence-corrected chi connectivity index (χ1v) is 8.27. The molecule has 2 amide bonds. The summed E-state index contributed by atoms with van der Waals surface area (Å²) in [6.07, 6.45) is 0. The molecule has 16 heavy (non-hydrogen) atoms. The number of rotatable bonds is 3. The second-order valence-corrected chi connectivity index (χ2v) is 6.21. The summed E-state index contributed by atoms with van der Waals surface area (Å²) in [6.45, 7) is 6.25. The van der Waals surface area contributed by atoms with Gasteiger partial charge in [0.1, 0.15) is 0 Å². The zero-order chi connectivity index (χ0) is 12.2. The van der Waals surface area contributed by atoms with Crippen LogP contribution in [0.1, 0.15) is 26.5 Å². The summed E-state index contributed by atoms with van der Waals surface area (Å²) in [5, 5.41) is 14.0. The molecule has 0 aliphatic rings. The molecule has 0 spiro atoms. The fraction of sp³-hybridized carbons (Fsp3) is 0.556. The molecule has 0 aliphatic heterocycles. The van der Waals surface area contributed by atoms with Gasteiger partial charge in [0.2, 0.25) is 0 Å². The third-order valence-electron chi connectivity index (χ3n) is 1.92. The molecule has 5 nitrogen and oxygen atoms in total. The zero-order valence-electron chi connectivity index (χ0n) is 9.89. The number of anilines is 1. The molecule has 0 bridgehead atoms. The molecular weight excluding hydrogens is 318 g/mol. The van der Waals surface area contributed by atoms with E-state index in [0.29, 0.717) is 5.82 Å². The molecule has 0 aromatic carbocycles. The summed E-state index contributed by atoms with van der Waals surface area (Å²) in [6, 6.07) is 1.61. The van der Waals surface area contributed by atoms with E-state index in [2.05, 4.69) is 46.4 Å². The summed E-state index contributed by atoms with van der Waals surface area (Å²) in [7, 11) is 0. The predicted molar refractivity (Wildman–Crippen MR) is 61.1 cm³/mol. The number of carbonyl (C=O) groups excluding carboxylic acids is 1. The summed E-state index contributed by atoms with van der Waals surface area (Å²) in [4.78, 5) is 13.4. The Balaban J connectivity index is 2.56. The molecule has 3 N–H and O–H groups in total. The van der Waals surface area contributed by atoms with Gasteiger partial charge in [0.25, 0.3) is 0 Å². The van der Waals surface area contributed by atoms with Crippen molar-refractivity contribution < 1.29 is 25.8 Å². The second-order valence-electron chi connectivity index (χ2n) is 4.34. The molecule has 0 fully saturated rings. The minimum atomic E-state index is -0.242. The standard InChI is InChI=1S/C9H16BIN4O/c1-9(2,3)6-5-7(15-14-6)12-8(16)13-10-11-4/h5H,1-4H3,(H3,12,13,14,15,16)/q-1. The van der Waals surface area contributed by atoms with E-state index in [1.54, 1.807) is 5.27 Å². The Hall–Kier alpha value is -0.725. The molecule has 89 valence electrons. The fourth-order valence-electron chi connectivity index (χ4n) is 1.03. The van der Waals surface area contributed by atoms with Crippen molar-refractivity contribution in [2.45, 2.75) is 26.2 Å². The number of urea groups is 1. The molecule has 0 aliphatic carbocycles. The minimum absolute atomic E-state index is 0.00439. The van der Waals surface area contributed by atoms with Crippen molar-refractivity contribution in [3.63, 3.8) is 0 Å². The van der Waals surface area contributed by atoms with E-state index in [1.807, 2.05) is 6.07 Å². The Bertz CT molecular complexity index is 361. The molecule has 1 heterocycles. The van der Waals surface area contributed by atoms with Gasteiger partial charge >= 0.3 is 107 Å². The van der Waals surface area contributed by atoms with Gasteiger partial charge in [-0.1, -0.05) is 0 Å². The monoisotopic (exact) mass is 334 g/mol. The third-order valence-corrected chi connectivity index (χ3v) is 2.86.